The molecule has 0 N–H and O–H groups in total. The maximum absolute atomic E-state index is 12.1. The fraction of sp³-hybridized carbons (Fsp3) is 0.263. The second-order valence-electron chi connectivity index (χ2n) is 5.16. The van der Waals surface area contributed by atoms with E-state index in [0.29, 0.717) is 17.1 Å². The predicted octanol–water partition coefficient (Wildman–Crippen LogP) is 2.70. The van der Waals surface area contributed by atoms with Crippen molar-refractivity contribution < 1.29 is 28.5 Å². The average Bonchev–Trinajstić information content (AvgIpc) is 2.67. The van der Waals surface area contributed by atoms with Gasteiger partial charge in [0.1, 0.15) is 18.1 Å². The molecule has 2 rings (SSSR count). The van der Waals surface area contributed by atoms with Gasteiger partial charge in [-0.1, -0.05) is 36.4 Å². The molecule has 0 amide bonds. The van der Waals surface area contributed by atoms with Crippen LogP contribution in [0.25, 0.3) is 0 Å². The van der Waals surface area contributed by atoms with Gasteiger partial charge in [0, 0.05) is 11.6 Å². The molecule has 0 aromatic heterocycles. The summed E-state index contributed by atoms with van der Waals surface area (Å²) in [6.45, 7) is 0.274. The molecule has 0 bridgehead atoms. The van der Waals surface area contributed by atoms with Crippen molar-refractivity contribution in [1.82, 2.24) is 0 Å². The fourth-order valence-corrected chi connectivity index (χ4v) is 2.33. The van der Waals surface area contributed by atoms with E-state index in [1.54, 1.807) is 18.2 Å². The third-order valence-corrected chi connectivity index (χ3v) is 3.64. The molecule has 0 aliphatic carbocycles. The Morgan fingerprint density at radius 2 is 1.56 bits per heavy atom. The number of esters is 2. The van der Waals surface area contributed by atoms with Crippen molar-refractivity contribution in [2.45, 2.75) is 12.5 Å². The van der Waals surface area contributed by atoms with Crippen LogP contribution in [0, 0.1) is 0 Å². The number of rotatable bonds is 7. The molecule has 0 saturated heterocycles. The molecule has 0 saturated carbocycles. The number of methoxy groups -OCH3 is 3. The Morgan fingerprint density at radius 3 is 2.12 bits per heavy atom. The lowest BCUT2D eigenvalue weighted by molar-refractivity contribution is -0.154. The molecule has 0 fully saturated rings. The van der Waals surface area contributed by atoms with Gasteiger partial charge in [0.15, 0.2) is 5.92 Å². The first-order chi connectivity index (χ1) is 12.1. The van der Waals surface area contributed by atoms with E-state index in [1.165, 1.54) is 21.3 Å². The number of ether oxygens (including phenoxy) is 4. The Balaban J connectivity index is 2.38. The predicted molar refractivity (Wildman–Crippen MR) is 90.5 cm³/mol. The molecule has 0 atom stereocenters. The van der Waals surface area contributed by atoms with Crippen LogP contribution in [0.2, 0.25) is 0 Å². The Morgan fingerprint density at radius 1 is 0.920 bits per heavy atom. The van der Waals surface area contributed by atoms with E-state index >= 15 is 0 Å². The van der Waals surface area contributed by atoms with Gasteiger partial charge >= 0.3 is 11.9 Å². The van der Waals surface area contributed by atoms with Crippen molar-refractivity contribution in [2.24, 2.45) is 0 Å². The van der Waals surface area contributed by atoms with Crippen LogP contribution in [0.4, 0.5) is 0 Å². The monoisotopic (exact) mass is 344 g/mol. The Bertz CT molecular complexity index is 710. The fourth-order valence-electron chi connectivity index (χ4n) is 2.33. The molecule has 2 aromatic rings. The third kappa shape index (κ3) is 4.50. The molecule has 0 radical (unpaired) electrons. The van der Waals surface area contributed by atoms with Gasteiger partial charge < -0.3 is 18.9 Å². The summed E-state index contributed by atoms with van der Waals surface area (Å²) in [7, 11) is 3.95. The number of hydrogen-bond donors (Lipinski definition) is 0. The van der Waals surface area contributed by atoms with Gasteiger partial charge in [-0.05, 0) is 11.6 Å². The lowest BCUT2D eigenvalue weighted by Gasteiger charge is -2.18. The smallest absolute Gasteiger partial charge is 0.324 e. The molecule has 132 valence electrons. The van der Waals surface area contributed by atoms with Crippen LogP contribution in [0.3, 0.4) is 0 Å². The molecular weight excluding hydrogens is 324 g/mol. The van der Waals surface area contributed by atoms with E-state index in [4.69, 9.17) is 18.9 Å². The van der Waals surface area contributed by atoms with Crippen LogP contribution in [0.15, 0.2) is 48.5 Å². The van der Waals surface area contributed by atoms with Crippen LogP contribution in [0.1, 0.15) is 17.0 Å². The standard InChI is InChI=1S/C19H20O6/c1-22-14-9-10-15(17(18(20)23-2)19(21)24-3)16(11-14)25-12-13-7-5-4-6-8-13/h4-11,17H,12H2,1-3H3. The second kappa shape index (κ2) is 8.73. The van der Waals surface area contributed by atoms with Crippen LogP contribution in [0.5, 0.6) is 11.5 Å². The van der Waals surface area contributed by atoms with Crippen molar-refractivity contribution in [3.05, 3.63) is 59.7 Å². The molecule has 6 nitrogen and oxygen atoms in total. The van der Waals surface area contributed by atoms with Crippen LogP contribution in [-0.4, -0.2) is 33.3 Å². The van der Waals surface area contributed by atoms with E-state index in [9.17, 15) is 9.59 Å². The minimum atomic E-state index is -1.23. The van der Waals surface area contributed by atoms with Crippen LogP contribution >= 0.6 is 0 Å². The summed E-state index contributed by atoms with van der Waals surface area (Å²) in [5.41, 5.74) is 1.30. The van der Waals surface area contributed by atoms with Crippen molar-refractivity contribution >= 4 is 11.9 Å². The van der Waals surface area contributed by atoms with E-state index in [1.807, 2.05) is 30.3 Å². The first kappa shape index (κ1) is 18.3. The highest BCUT2D eigenvalue weighted by Gasteiger charge is 2.33. The lowest BCUT2D eigenvalue weighted by Crippen LogP contribution is -2.25. The van der Waals surface area contributed by atoms with Gasteiger partial charge in [-0.2, -0.15) is 0 Å². The molecule has 0 spiro atoms. The molecule has 0 heterocycles. The van der Waals surface area contributed by atoms with Crippen molar-refractivity contribution in [3.63, 3.8) is 0 Å². The average molecular weight is 344 g/mol. The highest BCUT2D eigenvalue weighted by atomic mass is 16.5. The maximum Gasteiger partial charge on any atom is 0.324 e. The zero-order valence-electron chi connectivity index (χ0n) is 14.4. The zero-order valence-corrected chi connectivity index (χ0v) is 14.4. The second-order valence-corrected chi connectivity index (χ2v) is 5.16. The summed E-state index contributed by atoms with van der Waals surface area (Å²) >= 11 is 0. The maximum atomic E-state index is 12.1. The summed E-state index contributed by atoms with van der Waals surface area (Å²) in [5.74, 6) is -1.78. The highest BCUT2D eigenvalue weighted by Crippen LogP contribution is 2.33. The first-order valence-electron chi connectivity index (χ1n) is 7.61. The summed E-state index contributed by atoms with van der Waals surface area (Å²) in [5, 5.41) is 0. The first-order valence-corrected chi connectivity index (χ1v) is 7.61. The van der Waals surface area contributed by atoms with Crippen LogP contribution < -0.4 is 9.47 Å². The van der Waals surface area contributed by atoms with Gasteiger partial charge in [-0.3, -0.25) is 9.59 Å². The van der Waals surface area contributed by atoms with Gasteiger partial charge in [-0.25, -0.2) is 0 Å². The van der Waals surface area contributed by atoms with Crippen molar-refractivity contribution in [2.75, 3.05) is 21.3 Å². The molecule has 0 aliphatic rings. The topological polar surface area (TPSA) is 71.1 Å². The van der Waals surface area contributed by atoms with Gasteiger partial charge in [0.2, 0.25) is 0 Å². The quantitative estimate of drug-likeness (QED) is 0.568. The summed E-state index contributed by atoms with van der Waals surface area (Å²) in [4.78, 5) is 24.2. The number of carbonyl (C=O) groups is 2. The van der Waals surface area contributed by atoms with E-state index in [0.717, 1.165) is 5.56 Å². The van der Waals surface area contributed by atoms with Gasteiger partial charge in [0.25, 0.3) is 0 Å². The Hall–Kier alpha value is -3.02. The minimum absolute atomic E-state index is 0.274. The molecule has 0 aliphatic heterocycles. The Kier molecular flexibility index (Phi) is 6.39. The molecule has 6 heteroatoms. The normalized spacial score (nSPS) is 10.2. The van der Waals surface area contributed by atoms with E-state index < -0.39 is 17.9 Å². The van der Waals surface area contributed by atoms with Gasteiger partial charge in [0.05, 0.1) is 21.3 Å². The number of hydrogen-bond acceptors (Lipinski definition) is 6. The third-order valence-electron chi connectivity index (χ3n) is 3.64. The van der Waals surface area contributed by atoms with Gasteiger partial charge in [-0.15, -0.1) is 0 Å². The van der Waals surface area contributed by atoms with E-state index in [-0.39, 0.29) is 6.61 Å². The van der Waals surface area contributed by atoms with Crippen LogP contribution in [-0.2, 0) is 25.7 Å². The SMILES string of the molecule is COC(=O)C(C(=O)OC)c1ccc(OC)cc1OCc1ccccc1. The van der Waals surface area contributed by atoms with Crippen molar-refractivity contribution in [1.29, 1.82) is 0 Å². The minimum Gasteiger partial charge on any atom is -0.497 e. The van der Waals surface area contributed by atoms with E-state index in [2.05, 4.69) is 0 Å². The summed E-state index contributed by atoms with van der Waals surface area (Å²) < 4.78 is 20.5. The molecule has 0 unspecified atom stereocenters. The Labute approximate surface area is 146 Å². The lowest BCUT2D eigenvalue weighted by atomic mass is 9.98. The zero-order chi connectivity index (χ0) is 18.2. The molecular formula is C19H20O6. The molecule has 25 heavy (non-hydrogen) atoms. The summed E-state index contributed by atoms with van der Waals surface area (Å²) in [6, 6.07) is 14.4. The number of benzene rings is 2. The summed E-state index contributed by atoms with van der Waals surface area (Å²) in [6.07, 6.45) is 0. The highest BCUT2D eigenvalue weighted by molar-refractivity contribution is 6.01. The number of carbonyl (C=O) groups excluding carboxylic acids is 2. The van der Waals surface area contributed by atoms with Crippen molar-refractivity contribution in [3.8, 4) is 11.5 Å². The largest absolute Gasteiger partial charge is 0.497 e. The molecule has 2 aromatic carbocycles.